The summed E-state index contributed by atoms with van der Waals surface area (Å²) in [6.07, 6.45) is -2.83. The first-order valence-corrected chi connectivity index (χ1v) is 12.5. The summed E-state index contributed by atoms with van der Waals surface area (Å²) in [5, 5.41) is 7.57. The van der Waals surface area contributed by atoms with E-state index in [2.05, 4.69) is 0 Å². The molecule has 0 spiro atoms. The number of hydrogen-bond donors (Lipinski definition) is 1. The molecule has 0 amide bonds. The quantitative estimate of drug-likeness (QED) is 0.313. The van der Waals surface area contributed by atoms with Crippen molar-refractivity contribution >= 4 is 0 Å². The van der Waals surface area contributed by atoms with Crippen LogP contribution in [0.4, 0.5) is 13.2 Å². The summed E-state index contributed by atoms with van der Waals surface area (Å²) in [5.74, 6) is 0.384. The Kier molecular flexibility index (Phi) is 14.7. The van der Waals surface area contributed by atoms with E-state index in [1.807, 2.05) is 12.1 Å². The molecule has 1 radical (unpaired) electrons. The van der Waals surface area contributed by atoms with E-state index in [0.717, 1.165) is 11.6 Å². The van der Waals surface area contributed by atoms with Gasteiger partial charge in [0.2, 0.25) is 0 Å². The molecule has 1 heterocycles. The maximum absolute atomic E-state index is 13.7. The van der Waals surface area contributed by atoms with Crippen molar-refractivity contribution < 1.29 is 74.7 Å². The van der Waals surface area contributed by atoms with E-state index in [1.54, 1.807) is 47.1 Å². The Morgan fingerprint density at radius 1 is 0.974 bits per heavy atom. The van der Waals surface area contributed by atoms with Crippen LogP contribution in [0.5, 0.6) is 17.2 Å². The van der Waals surface area contributed by atoms with Crippen molar-refractivity contribution in [3.8, 4) is 17.2 Å². The second-order valence-corrected chi connectivity index (χ2v) is 9.53. The number of nitrogens with one attached hydrogen (secondary N) is 1. The molecule has 1 fully saturated rings. The summed E-state index contributed by atoms with van der Waals surface area (Å²) in [6.45, 7) is 5.94. The van der Waals surface area contributed by atoms with Gasteiger partial charge < -0.3 is 34.5 Å². The molecule has 217 valence electrons. The van der Waals surface area contributed by atoms with Crippen LogP contribution in [0.3, 0.4) is 0 Å². The molecule has 0 unspecified atom stereocenters. The monoisotopic (exact) mass is 631 g/mol. The summed E-state index contributed by atoms with van der Waals surface area (Å²) in [6, 6.07) is 9.54. The summed E-state index contributed by atoms with van der Waals surface area (Å²) in [5.41, 5.74) is 8.09. The van der Waals surface area contributed by atoms with E-state index in [4.69, 9.17) is 34.5 Å². The van der Waals surface area contributed by atoms with Crippen molar-refractivity contribution in [1.82, 2.24) is 0 Å². The van der Waals surface area contributed by atoms with E-state index in [0.29, 0.717) is 42.7 Å². The van der Waals surface area contributed by atoms with Gasteiger partial charge in [0.15, 0.2) is 5.79 Å². The van der Waals surface area contributed by atoms with Crippen LogP contribution in [0, 0.1) is 0 Å². The summed E-state index contributed by atoms with van der Waals surface area (Å²) in [4.78, 5) is 0. The van der Waals surface area contributed by atoms with E-state index >= 15 is 0 Å². The predicted molar refractivity (Wildman–Crippen MR) is 139 cm³/mol. The molecule has 39 heavy (non-hydrogen) atoms. The molecule has 0 saturated carbocycles. The van der Waals surface area contributed by atoms with Crippen molar-refractivity contribution in [2.24, 2.45) is 0 Å². The van der Waals surface area contributed by atoms with Crippen molar-refractivity contribution in [3.05, 3.63) is 58.8 Å². The fraction of sp³-hybridized carbons (Fsp3) is 0.571. The molecular formula is C28H39F3NO6Y-. The Balaban J connectivity index is 0.00000181. The molecule has 0 aromatic heterocycles. The van der Waals surface area contributed by atoms with Gasteiger partial charge in [-0.3, -0.25) is 0 Å². The van der Waals surface area contributed by atoms with Gasteiger partial charge in [-0.2, -0.15) is 13.2 Å². The predicted octanol–water partition coefficient (Wildman–Crippen LogP) is 6.24. The minimum Gasteiger partial charge on any atom is -0.668 e. The average Bonchev–Trinajstić information content (AvgIpc) is 2.88. The maximum atomic E-state index is 13.7. The Labute approximate surface area is 254 Å². The van der Waals surface area contributed by atoms with Crippen LogP contribution in [0.15, 0.2) is 36.4 Å². The molecule has 2 aromatic rings. The van der Waals surface area contributed by atoms with Crippen LogP contribution in [0.2, 0.25) is 0 Å². The van der Waals surface area contributed by atoms with E-state index in [-0.39, 0.29) is 64.9 Å². The first kappa shape index (κ1) is 35.6. The van der Waals surface area contributed by atoms with E-state index < -0.39 is 23.1 Å². The zero-order valence-corrected chi connectivity index (χ0v) is 26.2. The molecule has 0 aliphatic carbocycles. The van der Waals surface area contributed by atoms with Crippen LogP contribution < -0.4 is 14.2 Å². The van der Waals surface area contributed by atoms with Crippen molar-refractivity contribution in [2.75, 3.05) is 40.6 Å². The zero-order valence-electron chi connectivity index (χ0n) is 23.3. The van der Waals surface area contributed by atoms with Gasteiger partial charge in [0.1, 0.15) is 17.2 Å². The SMILES string of the molecule is CCO.COc1ccc(CCCOc2ccc(CCC3([NH-])COC(C)(C)OC3)cc2C(F)(F)F)c(OC)c1.[Y]. The van der Waals surface area contributed by atoms with Gasteiger partial charge in [-0.1, -0.05) is 24.1 Å². The van der Waals surface area contributed by atoms with Crippen molar-refractivity contribution in [2.45, 2.75) is 64.0 Å². The third-order valence-electron chi connectivity index (χ3n) is 5.98. The van der Waals surface area contributed by atoms with Crippen molar-refractivity contribution in [1.29, 1.82) is 0 Å². The smallest absolute Gasteiger partial charge is 0.419 e. The number of aliphatic hydroxyl groups excluding tert-OH is 1. The first-order chi connectivity index (χ1) is 17.9. The van der Waals surface area contributed by atoms with Crippen LogP contribution in [-0.4, -0.2) is 57.1 Å². The number of alkyl halides is 3. The molecular weight excluding hydrogens is 592 g/mol. The van der Waals surface area contributed by atoms with Crippen LogP contribution in [0.25, 0.3) is 5.73 Å². The topological polar surface area (TPSA) is 90.2 Å². The molecule has 11 heteroatoms. The third kappa shape index (κ3) is 11.5. The zero-order chi connectivity index (χ0) is 28.4. The van der Waals surface area contributed by atoms with Crippen molar-refractivity contribution in [3.63, 3.8) is 0 Å². The molecule has 0 atom stereocenters. The molecule has 1 aliphatic heterocycles. The molecule has 1 saturated heterocycles. The standard InChI is InChI=1S/C26H33F3NO5.C2H6O.Y/c1-24(2)34-16-25(30,17-35-24)12-11-18-7-10-22(21(14-18)26(27,28)29)33-13-5-6-19-8-9-20(31-3)15-23(19)32-4;1-2-3;/h7-10,14-15,30H,5-6,11-13,16-17H2,1-4H3;3H,2H2,1H3;/q-1;;. The molecule has 2 aromatic carbocycles. The van der Waals surface area contributed by atoms with Crippen LogP contribution in [0.1, 0.15) is 50.3 Å². The van der Waals surface area contributed by atoms with Gasteiger partial charge in [0, 0.05) is 58.6 Å². The second kappa shape index (κ2) is 16.1. The minimum absolute atomic E-state index is 0. The molecule has 1 aliphatic rings. The van der Waals surface area contributed by atoms with Gasteiger partial charge in [-0.15, -0.1) is 0 Å². The number of methoxy groups -OCH3 is 2. The number of rotatable bonds is 10. The fourth-order valence-electron chi connectivity index (χ4n) is 3.82. The Morgan fingerprint density at radius 3 is 2.18 bits per heavy atom. The average molecular weight is 632 g/mol. The van der Waals surface area contributed by atoms with Gasteiger partial charge in [-0.25, -0.2) is 0 Å². The molecule has 3 rings (SSSR count). The van der Waals surface area contributed by atoms with Gasteiger partial charge >= 0.3 is 6.18 Å². The van der Waals surface area contributed by atoms with E-state index in [1.165, 1.54) is 6.07 Å². The molecule has 7 nitrogen and oxygen atoms in total. The summed E-state index contributed by atoms with van der Waals surface area (Å²) < 4.78 is 68.4. The van der Waals surface area contributed by atoms with Crippen LogP contribution >= 0.6 is 0 Å². The third-order valence-corrected chi connectivity index (χ3v) is 5.98. The van der Waals surface area contributed by atoms with E-state index in [9.17, 15) is 13.2 Å². The maximum Gasteiger partial charge on any atom is 0.419 e. The number of aryl methyl sites for hydroxylation is 2. The number of halogens is 3. The van der Waals surface area contributed by atoms with Gasteiger partial charge in [0.25, 0.3) is 0 Å². The number of aliphatic hydroxyl groups is 1. The number of benzene rings is 2. The minimum atomic E-state index is -4.55. The summed E-state index contributed by atoms with van der Waals surface area (Å²) in [7, 11) is 3.12. The summed E-state index contributed by atoms with van der Waals surface area (Å²) >= 11 is 0. The first-order valence-electron chi connectivity index (χ1n) is 12.5. The van der Waals surface area contributed by atoms with Gasteiger partial charge in [0.05, 0.1) is 26.4 Å². The van der Waals surface area contributed by atoms with Crippen LogP contribution in [-0.2, 0) is 61.2 Å². The Morgan fingerprint density at radius 2 is 1.62 bits per heavy atom. The largest absolute Gasteiger partial charge is 0.668 e. The Hall–Kier alpha value is -1.43. The normalized spacial score (nSPS) is 15.8. The number of hydrogen-bond acceptors (Lipinski definition) is 6. The molecule has 0 bridgehead atoms. The second-order valence-electron chi connectivity index (χ2n) is 9.53. The van der Waals surface area contributed by atoms with Gasteiger partial charge in [-0.05, 0) is 69.4 Å². The molecule has 2 N–H and O–H groups in total. The fourth-order valence-corrected chi connectivity index (χ4v) is 3.82. The number of ether oxygens (including phenoxy) is 5. The Bertz CT molecular complexity index is 1010.